The number of carbonyl (C=O) groups excluding carboxylic acids is 1. The van der Waals surface area contributed by atoms with Crippen LogP contribution in [-0.2, 0) is 6.54 Å². The third-order valence-electron chi connectivity index (χ3n) is 4.39. The summed E-state index contributed by atoms with van der Waals surface area (Å²) in [7, 11) is 3.34. The average Bonchev–Trinajstić information content (AvgIpc) is 2.72. The zero-order valence-corrected chi connectivity index (χ0v) is 15.9. The lowest BCUT2D eigenvalue weighted by Crippen LogP contribution is -2.26. The highest BCUT2D eigenvalue weighted by Gasteiger charge is 2.17. The van der Waals surface area contributed by atoms with Gasteiger partial charge in [0.05, 0.1) is 19.3 Å². The summed E-state index contributed by atoms with van der Waals surface area (Å²) in [6.07, 6.45) is 2.47. The van der Waals surface area contributed by atoms with E-state index in [2.05, 4.69) is 30.1 Å². The quantitative estimate of drug-likeness (QED) is 0.627. The number of benzene rings is 2. The molecule has 1 amide bonds. The lowest BCUT2D eigenvalue weighted by atomic mass is 10.0. The Bertz CT molecular complexity index is 922. The molecular formula is C22H24N2O3. The number of hydrogen-bond acceptors (Lipinski definition) is 4. The van der Waals surface area contributed by atoms with Crippen LogP contribution in [0.25, 0.3) is 10.8 Å². The fraction of sp³-hybridized carbons (Fsp3) is 0.273. The third kappa shape index (κ3) is 4.19. The van der Waals surface area contributed by atoms with Gasteiger partial charge in [-0.15, -0.1) is 0 Å². The fourth-order valence-electron chi connectivity index (χ4n) is 2.98. The number of rotatable bonds is 7. The Hall–Kier alpha value is -3.08. The van der Waals surface area contributed by atoms with Crippen LogP contribution in [0, 0.1) is 0 Å². The Morgan fingerprint density at radius 2 is 1.93 bits per heavy atom. The van der Waals surface area contributed by atoms with Crippen molar-refractivity contribution >= 4 is 16.7 Å². The van der Waals surface area contributed by atoms with Gasteiger partial charge >= 0.3 is 0 Å². The summed E-state index contributed by atoms with van der Waals surface area (Å²) in [5.41, 5.74) is 1.54. The number of nitrogens with zero attached hydrogens (tertiary/aromatic N) is 2. The van der Waals surface area contributed by atoms with Gasteiger partial charge in [-0.25, -0.2) is 4.98 Å². The predicted molar refractivity (Wildman–Crippen MR) is 106 cm³/mol. The Morgan fingerprint density at radius 3 is 2.63 bits per heavy atom. The zero-order valence-electron chi connectivity index (χ0n) is 15.9. The molecule has 0 saturated carbocycles. The molecular weight excluding hydrogens is 340 g/mol. The minimum absolute atomic E-state index is 0.0977. The summed E-state index contributed by atoms with van der Waals surface area (Å²) < 4.78 is 11.0. The van der Waals surface area contributed by atoms with Crippen LogP contribution in [-0.4, -0.2) is 36.6 Å². The molecule has 5 heteroatoms. The first-order valence-electron chi connectivity index (χ1n) is 9.03. The highest BCUT2D eigenvalue weighted by Crippen LogP contribution is 2.29. The second kappa shape index (κ2) is 8.54. The van der Waals surface area contributed by atoms with E-state index in [1.807, 2.05) is 18.2 Å². The first-order chi connectivity index (χ1) is 13.1. The Morgan fingerprint density at radius 1 is 1.11 bits per heavy atom. The molecule has 0 N–H and O–H groups in total. The van der Waals surface area contributed by atoms with E-state index in [1.54, 1.807) is 31.2 Å². The number of hydrogen-bond donors (Lipinski definition) is 0. The average molecular weight is 364 g/mol. The van der Waals surface area contributed by atoms with Gasteiger partial charge in [0.1, 0.15) is 5.75 Å². The molecule has 0 aliphatic heterocycles. The molecule has 5 nitrogen and oxygen atoms in total. The molecule has 0 fully saturated rings. The first kappa shape index (κ1) is 18.7. The number of carbonyl (C=O) groups is 1. The molecule has 0 atom stereocenters. The number of methoxy groups -OCH3 is 1. The molecule has 0 aliphatic rings. The van der Waals surface area contributed by atoms with Crippen molar-refractivity contribution in [3.05, 3.63) is 65.9 Å². The van der Waals surface area contributed by atoms with Crippen molar-refractivity contribution in [3.63, 3.8) is 0 Å². The Labute approximate surface area is 159 Å². The molecule has 3 rings (SSSR count). The van der Waals surface area contributed by atoms with Crippen molar-refractivity contribution in [2.24, 2.45) is 0 Å². The first-order valence-corrected chi connectivity index (χ1v) is 9.03. The molecule has 0 aliphatic carbocycles. The number of pyridine rings is 1. The molecule has 3 aromatic rings. The minimum Gasteiger partial charge on any atom is -0.493 e. The minimum atomic E-state index is -0.0977. The van der Waals surface area contributed by atoms with Gasteiger partial charge in [-0.3, -0.25) is 4.79 Å². The summed E-state index contributed by atoms with van der Waals surface area (Å²) in [5.74, 6) is 1.21. The van der Waals surface area contributed by atoms with Gasteiger partial charge in [0.2, 0.25) is 5.88 Å². The van der Waals surface area contributed by atoms with E-state index in [9.17, 15) is 4.79 Å². The van der Waals surface area contributed by atoms with E-state index in [4.69, 9.17) is 9.47 Å². The van der Waals surface area contributed by atoms with Gasteiger partial charge in [-0.1, -0.05) is 37.3 Å². The topological polar surface area (TPSA) is 51.7 Å². The van der Waals surface area contributed by atoms with Crippen LogP contribution < -0.4 is 9.47 Å². The summed E-state index contributed by atoms with van der Waals surface area (Å²) >= 11 is 0. The predicted octanol–water partition coefficient (Wildman–Crippen LogP) is 4.30. The molecule has 1 heterocycles. The van der Waals surface area contributed by atoms with E-state index in [1.165, 1.54) is 6.20 Å². The maximum Gasteiger partial charge on any atom is 0.255 e. The molecule has 140 valence electrons. The number of fused-ring (bicyclic) bond motifs is 1. The standard InChI is InChI=1S/C22H24N2O3/c1-4-13-27-20-11-9-16-7-5-6-8-18(16)19(20)15-24(2)22(25)17-10-12-21(26-3)23-14-17/h5-12,14H,4,13,15H2,1-3H3. The number of amides is 1. The SMILES string of the molecule is CCCOc1ccc2ccccc2c1CN(C)C(=O)c1ccc(OC)nc1. The Kier molecular flexibility index (Phi) is 5.91. The van der Waals surface area contributed by atoms with Crippen molar-refractivity contribution < 1.29 is 14.3 Å². The molecule has 0 saturated heterocycles. The maximum absolute atomic E-state index is 12.8. The van der Waals surface area contributed by atoms with Gasteiger partial charge in [0, 0.05) is 31.4 Å². The van der Waals surface area contributed by atoms with E-state index in [0.29, 0.717) is 24.6 Å². The smallest absolute Gasteiger partial charge is 0.255 e. The van der Waals surface area contributed by atoms with Crippen LogP contribution in [0.1, 0.15) is 29.3 Å². The molecule has 2 aromatic carbocycles. The number of ether oxygens (including phenoxy) is 2. The van der Waals surface area contributed by atoms with Crippen LogP contribution >= 0.6 is 0 Å². The van der Waals surface area contributed by atoms with Gasteiger partial charge in [-0.2, -0.15) is 0 Å². The molecule has 0 radical (unpaired) electrons. The number of aromatic nitrogens is 1. The molecule has 27 heavy (non-hydrogen) atoms. The van der Waals surface area contributed by atoms with Gasteiger partial charge in [0.25, 0.3) is 5.91 Å². The fourth-order valence-corrected chi connectivity index (χ4v) is 2.98. The second-order valence-electron chi connectivity index (χ2n) is 6.36. The van der Waals surface area contributed by atoms with Crippen molar-refractivity contribution in [1.82, 2.24) is 9.88 Å². The summed E-state index contributed by atoms with van der Waals surface area (Å²) in [4.78, 5) is 18.6. The van der Waals surface area contributed by atoms with Crippen LogP contribution in [0.5, 0.6) is 11.6 Å². The molecule has 0 unspecified atom stereocenters. The van der Waals surface area contributed by atoms with Crippen molar-refractivity contribution in [1.29, 1.82) is 0 Å². The summed E-state index contributed by atoms with van der Waals surface area (Å²) in [6.45, 7) is 3.17. The molecule has 1 aromatic heterocycles. The summed E-state index contributed by atoms with van der Waals surface area (Å²) in [6, 6.07) is 15.6. The van der Waals surface area contributed by atoms with Crippen LogP contribution in [0.2, 0.25) is 0 Å². The lowest BCUT2D eigenvalue weighted by molar-refractivity contribution is 0.0784. The summed E-state index contributed by atoms with van der Waals surface area (Å²) in [5, 5.41) is 2.22. The van der Waals surface area contributed by atoms with E-state index < -0.39 is 0 Å². The second-order valence-corrected chi connectivity index (χ2v) is 6.36. The molecule has 0 bridgehead atoms. The maximum atomic E-state index is 12.8. The van der Waals surface area contributed by atoms with E-state index in [-0.39, 0.29) is 5.91 Å². The molecule has 0 spiro atoms. The van der Waals surface area contributed by atoms with Crippen LogP contribution in [0.15, 0.2) is 54.7 Å². The Balaban J connectivity index is 1.90. The van der Waals surface area contributed by atoms with Gasteiger partial charge in [-0.05, 0) is 29.3 Å². The van der Waals surface area contributed by atoms with E-state index in [0.717, 1.165) is 28.5 Å². The van der Waals surface area contributed by atoms with Crippen molar-refractivity contribution in [2.45, 2.75) is 19.9 Å². The lowest BCUT2D eigenvalue weighted by Gasteiger charge is -2.21. The normalized spacial score (nSPS) is 10.6. The zero-order chi connectivity index (χ0) is 19.2. The van der Waals surface area contributed by atoms with Gasteiger partial charge < -0.3 is 14.4 Å². The van der Waals surface area contributed by atoms with Gasteiger partial charge in [0.15, 0.2) is 0 Å². The van der Waals surface area contributed by atoms with Crippen molar-refractivity contribution in [3.8, 4) is 11.6 Å². The van der Waals surface area contributed by atoms with E-state index >= 15 is 0 Å². The van der Waals surface area contributed by atoms with Crippen molar-refractivity contribution in [2.75, 3.05) is 20.8 Å². The highest BCUT2D eigenvalue weighted by molar-refractivity contribution is 5.94. The van der Waals surface area contributed by atoms with Crippen LogP contribution in [0.3, 0.4) is 0 Å². The third-order valence-corrected chi connectivity index (χ3v) is 4.39. The highest BCUT2D eigenvalue weighted by atomic mass is 16.5. The largest absolute Gasteiger partial charge is 0.493 e. The van der Waals surface area contributed by atoms with Crippen LogP contribution in [0.4, 0.5) is 0 Å². The monoisotopic (exact) mass is 364 g/mol.